The molecule has 3 N–H and O–H groups in total. The van der Waals surface area contributed by atoms with Gasteiger partial charge in [0.25, 0.3) is 0 Å². The summed E-state index contributed by atoms with van der Waals surface area (Å²) in [7, 11) is 0. The quantitative estimate of drug-likeness (QED) is 0.431. The number of benzene rings is 1. The van der Waals surface area contributed by atoms with Gasteiger partial charge < -0.3 is 10.9 Å². The van der Waals surface area contributed by atoms with Crippen LogP contribution in [0.1, 0.15) is 0 Å². The summed E-state index contributed by atoms with van der Waals surface area (Å²) >= 11 is 0. The Bertz CT molecular complexity index is 393. The predicted molar refractivity (Wildman–Crippen MR) is 41.3 cm³/mol. The number of nitrogens with two attached hydrogens (primary N) is 1. The molecule has 11 heavy (non-hydrogen) atoms. The number of nitrogens with zero attached hydrogens (tertiary/aromatic N) is 2. The number of anilines is 1. The van der Waals surface area contributed by atoms with Crippen LogP contribution in [0.5, 0.6) is 0 Å². The molecule has 0 saturated carbocycles. The monoisotopic (exact) mass is 149 g/mol. The maximum absolute atomic E-state index is 9.07. The summed E-state index contributed by atoms with van der Waals surface area (Å²) in [5.41, 5.74) is 6.85. The lowest BCUT2D eigenvalue weighted by atomic mass is 10.2. The fourth-order valence-electron chi connectivity index (χ4n) is 1.04. The maximum Gasteiger partial charge on any atom is 0.110 e. The fourth-order valence-corrected chi connectivity index (χ4v) is 1.04. The highest BCUT2D eigenvalue weighted by molar-refractivity contribution is 5.81. The van der Waals surface area contributed by atoms with Gasteiger partial charge in [-0.2, -0.15) is 0 Å². The first kappa shape index (κ1) is 6.03. The number of rotatable bonds is 0. The first-order chi connectivity index (χ1) is 5.27. The number of aromatic nitrogens is 2. The van der Waals surface area contributed by atoms with E-state index in [1.165, 1.54) is 0 Å². The molecule has 4 nitrogen and oxygen atoms in total. The molecule has 0 spiro atoms. The zero-order chi connectivity index (χ0) is 7.84. The molecule has 4 heteroatoms. The molecule has 0 radical (unpaired) electrons. The van der Waals surface area contributed by atoms with Crippen molar-refractivity contribution in [1.82, 2.24) is 9.94 Å². The highest BCUT2D eigenvalue weighted by Gasteiger charge is 1.99. The van der Waals surface area contributed by atoms with E-state index in [1.54, 1.807) is 24.4 Å². The van der Waals surface area contributed by atoms with Crippen molar-refractivity contribution in [3.8, 4) is 0 Å². The van der Waals surface area contributed by atoms with Crippen LogP contribution in [0.2, 0.25) is 0 Å². The molecular formula is C7H7N3O. The Morgan fingerprint density at radius 2 is 2.27 bits per heavy atom. The van der Waals surface area contributed by atoms with Gasteiger partial charge in [0.05, 0.1) is 6.20 Å². The summed E-state index contributed by atoms with van der Waals surface area (Å²) in [5.74, 6) is 0. The Hall–Kier alpha value is -1.71. The van der Waals surface area contributed by atoms with Crippen molar-refractivity contribution < 1.29 is 5.21 Å². The van der Waals surface area contributed by atoms with Gasteiger partial charge in [-0.1, -0.05) is 0 Å². The highest BCUT2D eigenvalue weighted by atomic mass is 16.5. The van der Waals surface area contributed by atoms with E-state index in [4.69, 9.17) is 10.9 Å². The predicted octanol–water partition coefficient (Wildman–Crippen LogP) is 0.856. The van der Waals surface area contributed by atoms with Crippen molar-refractivity contribution >= 4 is 16.6 Å². The van der Waals surface area contributed by atoms with E-state index in [1.807, 2.05) is 0 Å². The second kappa shape index (κ2) is 1.88. The summed E-state index contributed by atoms with van der Waals surface area (Å²) in [6.07, 6.45) is 1.56. The molecule has 0 unspecified atom stereocenters. The molecule has 56 valence electrons. The van der Waals surface area contributed by atoms with E-state index in [-0.39, 0.29) is 0 Å². The molecule has 1 aromatic heterocycles. The Morgan fingerprint density at radius 3 is 3.09 bits per heavy atom. The molecule has 0 atom stereocenters. The summed E-state index contributed by atoms with van der Waals surface area (Å²) in [6.45, 7) is 0. The van der Waals surface area contributed by atoms with Crippen LogP contribution in [0.4, 0.5) is 5.69 Å². The second-order valence-electron chi connectivity index (χ2n) is 2.35. The molecule has 0 bridgehead atoms. The van der Waals surface area contributed by atoms with Gasteiger partial charge in [0.2, 0.25) is 0 Å². The minimum Gasteiger partial charge on any atom is -0.411 e. The van der Waals surface area contributed by atoms with Gasteiger partial charge in [-0.05, 0) is 18.2 Å². The van der Waals surface area contributed by atoms with Crippen LogP contribution in [0.25, 0.3) is 10.9 Å². The zero-order valence-corrected chi connectivity index (χ0v) is 5.73. The Kier molecular flexibility index (Phi) is 1.03. The van der Waals surface area contributed by atoms with Crippen molar-refractivity contribution in [2.75, 3.05) is 5.73 Å². The summed E-state index contributed by atoms with van der Waals surface area (Å²) in [5, 5.41) is 13.6. The molecule has 0 aliphatic rings. The summed E-state index contributed by atoms with van der Waals surface area (Å²) in [6, 6.07) is 5.20. The van der Waals surface area contributed by atoms with Gasteiger partial charge in [0.1, 0.15) is 5.52 Å². The minimum absolute atomic E-state index is 0.666. The number of hydrogen-bond donors (Lipinski definition) is 2. The van der Waals surface area contributed by atoms with Crippen molar-refractivity contribution in [1.29, 1.82) is 0 Å². The van der Waals surface area contributed by atoms with E-state index < -0.39 is 0 Å². The maximum atomic E-state index is 9.07. The van der Waals surface area contributed by atoms with Gasteiger partial charge in [-0.25, -0.2) is 0 Å². The standard InChI is InChI=1S/C7H7N3O/c8-6-1-2-7-5(3-6)4-9-10(7)11/h1-4,11H,8H2. The summed E-state index contributed by atoms with van der Waals surface area (Å²) < 4.78 is 0. The Balaban J connectivity index is 2.86. The number of hydrogen-bond acceptors (Lipinski definition) is 3. The van der Waals surface area contributed by atoms with Crippen molar-refractivity contribution in [3.05, 3.63) is 24.4 Å². The topological polar surface area (TPSA) is 64.1 Å². The van der Waals surface area contributed by atoms with E-state index >= 15 is 0 Å². The average Bonchev–Trinajstić information content (AvgIpc) is 2.32. The molecular weight excluding hydrogens is 142 g/mol. The Labute approximate surface area is 62.8 Å². The van der Waals surface area contributed by atoms with Crippen LogP contribution in [0.3, 0.4) is 0 Å². The molecule has 0 aliphatic carbocycles. The van der Waals surface area contributed by atoms with Crippen molar-refractivity contribution in [2.24, 2.45) is 0 Å². The lowest BCUT2D eigenvalue weighted by Gasteiger charge is -1.92. The van der Waals surface area contributed by atoms with Gasteiger partial charge in [0.15, 0.2) is 0 Å². The SMILES string of the molecule is Nc1ccc2c(cnn2O)c1. The highest BCUT2D eigenvalue weighted by Crippen LogP contribution is 2.15. The van der Waals surface area contributed by atoms with Crippen LogP contribution in [0.15, 0.2) is 24.4 Å². The third-order valence-electron chi connectivity index (χ3n) is 1.57. The van der Waals surface area contributed by atoms with Crippen LogP contribution >= 0.6 is 0 Å². The molecule has 1 heterocycles. The van der Waals surface area contributed by atoms with Gasteiger partial charge in [0, 0.05) is 11.1 Å². The number of nitrogen functional groups attached to an aromatic ring is 1. The lowest BCUT2D eigenvalue weighted by molar-refractivity contribution is 0.161. The van der Waals surface area contributed by atoms with E-state index in [0.29, 0.717) is 11.2 Å². The third-order valence-corrected chi connectivity index (χ3v) is 1.57. The van der Waals surface area contributed by atoms with Crippen molar-refractivity contribution in [2.45, 2.75) is 0 Å². The average molecular weight is 149 g/mol. The molecule has 0 fully saturated rings. The van der Waals surface area contributed by atoms with Crippen LogP contribution in [0, 0.1) is 0 Å². The molecule has 0 amide bonds. The van der Waals surface area contributed by atoms with Crippen LogP contribution < -0.4 is 5.73 Å². The lowest BCUT2D eigenvalue weighted by Crippen LogP contribution is -1.90. The smallest absolute Gasteiger partial charge is 0.110 e. The third kappa shape index (κ3) is 0.797. The molecule has 0 aliphatic heterocycles. The molecule has 1 aromatic carbocycles. The van der Waals surface area contributed by atoms with E-state index in [0.717, 1.165) is 10.2 Å². The van der Waals surface area contributed by atoms with Gasteiger partial charge in [-0.15, -0.1) is 9.94 Å². The molecule has 0 saturated heterocycles. The van der Waals surface area contributed by atoms with Crippen molar-refractivity contribution in [3.63, 3.8) is 0 Å². The normalized spacial score (nSPS) is 10.5. The first-order valence-corrected chi connectivity index (χ1v) is 3.20. The zero-order valence-electron chi connectivity index (χ0n) is 5.73. The van der Waals surface area contributed by atoms with Gasteiger partial charge >= 0.3 is 0 Å². The molecule has 2 rings (SSSR count). The summed E-state index contributed by atoms with van der Waals surface area (Å²) in [4.78, 5) is 0.828. The number of fused-ring (bicyclic) bond motifs is 1. The second-order valence-corrected chi connectivity index (χ2v) is 2.35. The van der Waals surface area contributed by atoms with Crippen LogP contribution in [-0.2, 0) is 0 Å². The fraction of sp³-hybridized carbons (Fsp3) is 0. The van der Waals surface area contributed by atoms with Crippen LogP contribution in [-0.4, -0.2) is 15.2 Å². The van der Waals surface area contributed by atoms with E-state index in [2.05, 4.69) is 5.10 Å². The minimum atomic E-state index is 0.666. The Morgan fingerprint density at radius 1 is 1.45 bits per heavy atom. The largest absolute Gasteiger partial charge is 0.411 e. The van der Waals surface area contributed by atoms with Gasteiger partial charge in [-0.3, -0.25) is 0 Å². The first-order valence-electron chi connectivity index (χ1n) is 3.20. The molecule has 2 aromatic rings. The van der Waals surface area contributed by atoms with E-state index in [9.17, 15) is 0 Å².